The van der Waals surface area contributed by atoms with E-state index >= 15 is 0 Å². The molecule has 0 bridgehead atoms. The van der Waals surface area contributed by atoms with Gasteiger partial charge in [0.15, 0.2) is 5.69 Å². The van der Waals surface area contributed by atoms with Gasteiger partial charge in [0.05, 0.1) is 6.04 Å². The number of fused-ring (bicyclic) bond motifs is 1. The number of amides is 1. The molecular weight excluding hydrogens is 260 g/mol. The predicted molar refractivity (Wildman–Crippen MR) is 73.3 cm³/mol. The van der Waals surface area contributed by atoms with Gasteiger partial charge in [-0.2, -0.15) is 0 Å². The SMILES string of the molecule is CCC1c2ccsc2CCN1C(=O)c1cc(C)on1. The lowest BCUT2D eigenvalue weighted by Crippen LogP contribution is -2.39. The zero-order chi connectivity index (χ0) is 13.4. The second-order valence-corrected chi connectivity index (χ2v) is 5.80. The summed E-state index contributed by atoms with van der Waals surface area (Å²) in [7, 11) is 0. The van der Waals surface area contributed by atoms with Crippen LogP contribution in [-0.4, -0.2) is 22.5 Å². The first-order chi connectivity index (χ1) is 9.20. The van der Waals surface area contributed by atoms with Gasteiger partial charge in [0, 0.05) is 17.5 Å². The van der Waals surface area contributed by atoms with E-state index in [2.05, 4.69) is 23.5 Å². The average molecular weight is 276 g/mol. The molecule has 0 saturated carbocycles. The summed E-state index contributed by atoms with van der Waals surface area (Å²) >= 11 is 1.79. The van der Waals surface area contributed by atoms with E-state index in [0.717, 1.165) is 19.4 Å². The molecule has 5 heteroatoms. The fraction of sp³-hybridized carbons (Fsp3) is 0.429. The van der Waals surface area contributed by atoms with Crippen LogP contribution >= 0.6 is 11.3 Å². The molecule has 3 rings (SSSR count). The molecule has 0 fully saturated rings. The van der Waals surface area contributed by atoms with Crippen molar-refractivity contribution in [3.05, 3.63) is 39.4 Å². The summed E-state index contributed by atoms with van der Waals surface area (Å²) in [5, 5.41) is 5.95. The van der Waals surface area contributed by atoms with Gasteiger partial charge in [0.2, 0.25) is 0 Å². The number of nitrogens with zero attached hydrogens (tertiary/aromatic N) is 2. The maximum Gasteiger partial charge on any atom is 0.276 e. The van der Waals surface area contributed by atoms with Gasteiger partial charge in [-0.05, 0) is 36.8 Å². The first-order valence-corrected chi connectivity index (χ1v) is 7.39. The molecule has 3 heterocycles. The van der Waals surface area contributed by atoms with Gasteiger partial charge >= 0.3 is 0 Å². The minimum atomic E-state index is -0.0273. The quantitative estimate of drug-likeness (QED) is 0.846. The molecule has 19 heavy (non-hydrogen) atoms. The van der Waals surface area contributed by atoms with Crippen LogP contribution in [-0.2, 0) is 6.42 Å². The molecule has 0 spiro atoms. The van der Waals surface area contributed by atoms with Crippen molar-refractivity contribution < 1.29 is 9.32 Å². The highest BCUT2D eigenvalue weighted by molar-refractivity contribution is 7.10. The van der Waals surface area contributed by atoms with E-state index in [1.807, 2.05) is 4.90 Å². The molecule has 0 aliphatic carbocycles. The Balaban J connectivity index is 1.91. The van der Waals surface area contributed by atoms with Gasteiger partial charge in [-0.1, -0.05) is 12.1 Å². The van der Waals surface area contributed by atoms with Crippen molar-refractivity contribution in [3.8, 4) is 0 Å². The van der Waals surface area contributed by atoms with E-state index in [4.69, 9.17) is 4.52 Å². The van der Waals surface area contributed by atoms with Gasteiger partial charge in [-0.25, -0.2) is 0 Å². The Bertz CT molecular complexity index is 602. The third-order valence-electron chi connectivity index (χ3n) is 3.59. The van der Waals surface area contributed by atoms with Gasteiger partial charge in [0.1, 0.15) is 5.76 Å². The van der Waals surface area contributed by atoms with Crippen molar-refractivity contribution >= 4 is 17.2 Å². The smallest absolute Gasteiger partial charge is 0.276 e. The first-order valence-electron chi connectivity index (χ1n) is 6.51. The van der Waals surface area contributed by atoms with E-state index in [9.17, 15) is 4.79 Å². The van der Waals surface area contributed by atoms with Crippen LogP contribution in [0.4, 0.5) is 0 Å². The van der Waals surface area contributed by atoms with E-state index in [0.29, 0.717) is 11.5 Å². The highest BCUT2D eigenvalue weighted by Crippen LogP contribution is 2.35. The van der Waals surface area contributed by atoms with Gasteiger partial charge < -0.3 is 9.42 Å². The Morgan fingerprint density at radius 2 is 2.47 bits per heavy atom. The van der Waals surface area contributed by atoms with Gasteiger partial charge in [-0.15, -0.1) is 11.3 Å². The zero-order valence-corrected chi connectivity index (χ0v) is 11.9. The molecule has 4 nitrogen and oxygen atoms in total. The van der Waals surface area contributed by atoms with Crippen molar-refractivity contribution in [2.75, 3.05) is 6.54 Å². The predicted octanol–water partition coefficient (Wildman–Crippen LogP) is 3.19. The van der Waals surface area contributed by atoms with Crippen LogP contribution in [0.15, 0.2) is 22.0 Å². The fourth-order valence-corrected chi connectivity index (χ4v) is 3.62. The minimum absolute atomic E-state index is 0.0273. The molecule has 1 aliphatic heterocycles. The van der Waals surface area contributed by atoms with E-state index in [1.165, 1.54) is 10.4 Å². The Morgan fingerprint density at radius 3 is 3.16 bits per heavy atom. The number of rotatable bonds is 2. The third kappa shape index (κ3) is 2.08. The summed E-state index contributed by atoms with van der Waals surface area (Å²) in [5.41, 5.74) is 1.71. The largest absolute Gasteiger partial charge is 0.361 e. The number of aryl methyl sites for hydroxylation is 1. The molecule has 1 atom stereocenters. The molecule has 100 valence electrons. The van der Waals surface area contributed by atoms with Crippen LogP contribution in [0.1, 0.15) is 46.1 Å². The molecule has 1 amide bonds. The molecule has 2 aromatic heterocycles. The van der Waals surface area contributed by atoms with Crippen molar-refractivity contribution in [2.45, 2.75) is 32.7 Å². The average Bonchev–Trinajstić information content (AvgIpc) is 3.04. The van der Waals surface area contributed by atoms with Crippen molar-refractivity contribution in [3.63, 3.8) is 0 Å². The number of thiophene rings is 1. The molecule has 0 aromatic carbocycles. The molecule has 0 radical (unpaired) electrons. The highest BCUT2D eigenvalue weighted by atomic mass is 32.1. The Labute approximate surface area is 116 Å². The van der Waals surface area contributed by atoms with Crippen LogP contribution in [0.2, 0.25) is 0 Å². The fourth-order valence-electron chi connectivity index (χ4n) is 2.69. The number of carbonyl (C=O) groups excluding carboxylic acids is 1. The first kappa shape index (κ1) is 12.4. The Morgan fingerprint density at radius 1 is 1.63 bits per heavy atom. The molecule has 0 saturated heterocycles. The van der Waals surface area contributed by atoms with Gasteiger partial charge in [0.25, 0.3) is 5.91 Å². The monoisotopic (exact) mass is 276 g/mol. The Kier molecular flexibility index (Phi) is 3.14. The highest BCUT2D eigenvalue weighted by Gasteiger charge is 2.32. The summed E-state index contributed by atoms with van der Waals surface area (Å²) in [6.07, 6.45) is 1.86. The summed E-state index contributed by atoms with van der Waals surface area (Å²) < 4.78 is 5.00. The molecule has 1 unspecified atom stereocenters. The lowest BCUT2D eigenvalue weighted by molar-refractivity contribution is 0.0646. The molecule has 2 aromatic rings. The number of hydrogen-bond donors (Lipinski definition) is 0. The zero-order valence-electron chi connectivity index (χ0n) is 11.0. The molecular formula is C14H16N2O2S. The summed E-state index contributed by atoms with van der Waals surface area (Å²) in [6.45, 7) is 4.68. The Hall–Kier alpha value is -1.62. The lowest BCUT2D eigenvalue weighted by atomic mass is 9.97. The van der Waals surface area contributed by atoms with E-state index in [1.54, 1.807) is 24.3 Å². The molecule has 1 aliphatic rings. The van der Waals surface area contributed by atoms with Crippen LogP contribution in [0.5, 0.6) is 0 Å². The third-order valence-corrected chi connectivity index (χ3v) is 4.59. The normalized spacial score (nSPS) is 18.4. The van der Waals surface area contributed by atoms with Gasteiger partial charge in [-0.3, -0.25) is 4.79 Å². The van der Waals surface area contributed by atoms with Crippen LogP contribution in [0.25, 0.3) is 0 Å². The van der Waals surface area contributed by atoms with Crippen molar-refractivity contribution in [2.24, 2.45) is 0 Å². The number of carbonyl (C=O) groups is 1. The second kappa shape index (κ2) is 4.81. The number of hydrogen-bond acceptors (Lipinski definition) is 4. The summed E-state index contributed by atoms with van der Waals surface area (Å²) in [5.74, 6) is 0.644. The number of aromatic nitrogens is 1. The molecule has 0 N–H and O–H groups in total. The van der Waals surface area contributed by atoms with Crippen molar-refractivity contribution in [1.29, 1.82) is 0 Å². The van der Waals surface area contributed by atoms with Crippen molar-refractivity contribution in [1.82, 2.24) is 10.1 Å². The maximum absolute atomic E-state index is 12.5. The maximum atomic E-state index is 12.5. The van der Waals surface area contributed by atoms with E-state index < -0.39 is 0 Å². The van der Waals surface area contributed by atoms with Crippen LogP contribution in [0, 0.1) is 6.92 Å². The summed E-state index contributed by atoms with van der Waals surface area (Å²) in [4.78, 5) is 15.9. The minimum Gasteiger partial charge on any atom is -0.361 e. The summed E-state index contributed by atoms with van der Waals surface area (Å²) in [6, 6.07) is 4.01. The lowest BCUT2D eigenvalue weighted by Gasteiger charge is -2.34. The van der Waals surface area contributed by atoms with E-state index in [-0.39, 0.29) is 11.9 Å². The van der Waals surface area contributed by atoms with Crippen LogP contribution < -0.4 is 0 Å². The standard InChI is InChI=1S/C14H16N2O2S/c1-3-12-10-5-7-19-13(10)4-6-16(12)14(17)11-8-9(2)18-15-11/h5,7-8,12H,3-4,6H2,1-2H3. The van der Waals surface area contributed by atoms with Crippen LogP contribution in [0.3, 0.4) is 0 Å². The second-order valence-electron chi connectivity index (χ2n) is 4.79. The topological polar surface area (TPSA) is 46.3 Å².